The third-order valence-corrected chi connectivity index (χ3v) is 3.25. The molecule has 0 spiro atoms. The number of aromatic hydroxyl groups is 1. The van der Waals surface area contributed by atoms with Gasteiger partial charge in [0.05, 0.1) is 0 Å². The first-order valence-corrected chi connectivity index (χ1v) is 5.88. The normalized spacial score (nSPS) is 14.8. The average Bonchev–Trinajstić information content (AvgIpc) is 2.74. The highest BCUT2D eigenvalue weighted by Gasteiger charge is 2.17. The van der Waals surface area contributed by atoms with Gasteiger partial charge in [0.25, 0.3) is 0 Å². The number of hydrogen-bond donors (Lipinski definition) is 1. The highest BCUT2D eigenvalue weighted by atomic mass is 16.3. The summed E-state index contributed by atoms with van der Waals surface area (Å²) in [6.45, 7) is 2.99. The lowest BCUT2D eigenvalue weighted by Crippen LogP contribution is -2.15. The third kappa shape index (κ3) is 2.17. The van der Waals surface area contributed by atoms with Crippen LogP contribution in [0.5, 0.6) is 5.75 Å². The van der Waals surface area contributed by atoms with E-state index in [1.807, 2.05) is 12.1 Å². The molecule has 0 aromatic heterocycles. The van der Waals surface area contributed by atoms with Crippen molar-refractivity contribution in [3.63, 3.8) is 0 Å². The molecule has 2 heteroatoms. The number of phenolic OH excluding ortho intramolecular Hbond substituents is 1. The molecule has 1 N–H and O–H groups in total. The van der Waals surface area contributed by atoms with Crippen LogP contribution in [0.3, 0.4) is 0 Å². The lowest BCUT2D eigenvalue weighted by Gasteiger charge is -2.14. The summed E-state index contributed by atoms with van der Waals surface area (Å²) in [5.74, 6) is 0.332. The SMILES string of the molecule is Oc1ccc(CN2Cc3ccccc3C2)cc1. The Morgan fingerprint density at radius 1 is 0.882 bits per heavy atom. The van der Waals surface area contributed by atoms with Crippen LogP contribution in [0.25, 0.3) is 0 Å². The summed E-state index contributed by atoms with van der Waals surface area (Å²) in [7, 11) is 0. The van der Waals surface area contributed by atoms with E-state index >= 15 is 0 Å². The molecule has 0 unspecified atom stereocenters. The molecule has 17 heavy (non-hydrogen) atoms. The minimum atomic E-state index is 0.332. The quantitative estimate of drug-likeness (QED) is 0.849. The Labute approximate surface area is 101 Å². The van der Waals surface area contributed by atoms with Crippen LogP contribution in [0.2, 0.25) is 0 Å². The van der Waals surface area contributed by atoms with Crippen molar-refractivity contribution in [2.45, 2.75) is 19.6 Å². The Kier molecular flexibility index (Phi) is 2.57. The monoisotopic (exact) mass is 225 g/mol. The van der Waals surface area contributed by atoms with Gasteiger partial charge in [0, 0.05) is 19.6 Å². The van der Waals surface area contributed by atoms with Crippen molar-refractivity contribution in [3.05, 3.63) is 65.2 Å². The minimum Gasteiger partial charge on any atom is -0.508 e. The maximum Gasteiger partial charge on any atom is 0.115 e. The number of nitrogens with zero attached hydrogens (tertiary/aromatic N) is 1. The largest absolute Gasteiger partial charge is 0.508 e. The van der Waals surface area contributed by atoms with Crippen molar-refractivity contribution < 1.29 is 5.11 Å². The maximum absolute atomic E-state index is 9.25. The van der Waals surface area contributed by atoms with Crippen molar-refractivity contribution in [2.75, 3.05) is 0 Å². The van der Waals surface area contributed by atoms with E-state index < -0.39 is 0 Å². The highest BCUT2D eigenvalue weighted by molar-refractivity contribution is 5.31. The molecular formula is C15H15NO. The Morgan fingerprint density at radius 2 is 1.47 bits per heavy atom. The molecule has 1 aliphatic heterocycles. The number of rotatable bonds is 2. The zero-order valence-corrected chi connectivity index (χ0v) is 9.63. The molecule has 0 atom stereocenters. The van der Waals surface area contributed by atoms with E-state index in [1.54, 1.807) is 12.1 Å². The second-order valence-corrected chi connectivity index (χ2v) is 4.58. The van der Waals surface area contributed by atoms with E-state index in [0.29, 0.717) is 5.75 Å². The molecule has 86 valence electrons. The van der Waals surface area contributed by atoms with Crippen molar-refractivity contribution in [1.82, 2.24) is 4.90 Å². The molecule has 0 radical (unpaired) electrons. The van der Waals surface area contributed by atoms with Gasteiger partial charge in [-0.25, -0.2) is 0 Å². The molecule has 1 heterocycles. The smallest absolute Gasteiger partial charge is 0.115 e. The van der Waals surface area contributed by atoms with Crippen LogP contribution in [0, 0.1) is 0 Å². The molecule has 2 nitrogen and oxygen atoms in total. The minimum absolute atomic E-state index is 0.332. The summed E-state index contributed by atoms with van der Waals surface area (Å²) >= 11 is 0. The number of hydrogen-bond acceptors (Lipinski definition) is 2. The molecule has 0 aliphatic carbocycles. The van der Waals surface area contributed by atoms with Gasteiger partial charge < -0.3 is 5.11 Å². The number of benzene rings is 2. The van der Waals surface area contributed by atoms with Gasteiger partial charge in [0.2, 0.25) is 0 Å². The van der Waals surface area contributed by atoms with Gasteiger partial charge in [-0.05, 0) is 28.8 Å². The highest BCUT2D eigenvalue weighted by Crippen LogP contribution is 2.24. The van der Waals surface area contributed by atoms with Gasteiger partial charge in [0.15, 0.2) is 0 Å². The first-order chi connectivity index (χ1) is 8.31. The van der Waals surface area contributed by atoms with E-state index in [-0.39, 0.29) is 0 Å². The van der Waals surface area contributed by atoms with Crippen LogP contribution in [0.15, 0.2) is 48.5 Å². The molecule has 2 aromatic rings. The zero-order chi connectivity index (χ0) is 11.7. The lowest BCUT2D eigenvalue weighted by molar-refractivity contribution is 0.275. The summed E-state index contributed by atoms with van der Waals surface area (Å²) in [5, 5.41) is 9.25. The van der Waals surface area contributed by atoms with Gasteiger partial charge in [-0.3, -0.25) is 4.90 Å². The Balaban J connectivity index is 1.71. The Morgan fingerprint density at radius 3 is 2.06 bits per heavy atom. The molecule has 0 fully saturated rings. The fraction of sp³-hybridized carbons (Fsp3) is 0.200. The molecule has 3 rings (SSSR count). The summed E-state index contributed by atoms with van der Waals surface area (Å²) in [5.41, 5.74) is 4.12. The van der Waals surface area contributed by atoms with Crippen molar-refractivity contribution in [1.29, 1.82) is 0 Å². The molecule has 0 amide bonds. The predicted molar refractivity (Wildman–Crippen MR) is 67.5 cm³/mol. The summed E-state index contributed by atoms with van der Waals surface area (Å²) in [6.07, 6.45) is 0. The van der Waals surface area contributed by atoms with E-state index in [1.165, 1.54) is 16.7 Å². The van der Waals surface area contributed by atoms with E-state index in [4.69, 9.17) is 0 Å². The van der Waals surface area contributed by atoms with Crippen molar-refractivity contribution in [2.24, 2.45) is 0 Å². The van der Waals surface area contributed by atoms with Gasteiger partial charge in [0.1, 0.15) is 5.75 Å². The molecule has 0 saturated carbocycles. The predicted octanol–water partition coefficient (Wildman–Crippen LogP) is 2.91. The van der Waals surface area contributed by atoms with Crippen LogP contribution in [0.1, 0.15) is 16.7 Å². The van der Waals surface area contributed by atoms with E-state index in [9.17, 15) is 5.11 Å². The Hall–Kier alpha value is -1.80. The molecular weight excluding hydrogens is 210 g/mol. The van der Waals surface area contributed by atoms with Crippen LogP contribution < -0.4 is 0 Å². The summed E-state index contributed by atoms with van der Waals surface area (Å²) in [6, 6.07) is 16.1. The molecule has 1 aliphatic rings. The number of phenols is 1. The number of fused-ring (bicyclic) bond motifs is 1. The zero-order valence-electron chi connectivity index (χ0n) is 9.63. The van der Waals surface area contributed by atoms with Crippen molar-refractivity contribution >= 4 is 0 Å². The first-order valence-electron chi connectivity index (χ1n) is 5.88. The second kappa shape index (κ2) is 4.22. The second-order valence-electron chi connectivity index (χ2n) is 4.58. The van der Waals surface area contributed by atoms with Gasteiger partial charge in [-0.15, -0.1) is 0 Å². The first kappa shape index (κ1) is 10.4. The Bertz CT molecular complexity index is 494. The summed E-state index contributed by atoms with van der Waals surface area (Å²) in [4.78, 5) is 2.41. The van der Waals surface area contributed by atoms with Crippen LogP contribution >= 0.6 is 0 Å². The average molecular weight is 225 g/mol. The van der Waals surface area contributed by atoms with Crippen LogP contribution in [-0.2, 0) is 19.6 Å². The van der Waals surface area contributed by atoms with Crippen molar-refractivity contribution in [3.8, 4) is 5.75 Å². The summed E-state index contributed by atoms with van der Waals surface area (Å²) < 4.78 is 0. The van der Waals surface area contributed by atoms with Crippen LogP contribution in [0.4, 0.5) is 0 Å². The fourth-order valence-corrected chi connectivity index (χ4v) is 2.38. The van der Waals surface area contributed by atoms with E-state index in [2.05, 4.69) is 29.2 Å². The third-order valence-electron chi connectivity index (χ3n) is 3.25. The lowest BCUT2D eigenvalue weighted by atomic mass is 10.1. The van der Waals surface area contributed by atoms with Gasteiger partial charge in [-0.2, -0.15) is 0 Å². The molecule has 0 saturated heterocycles. The standard InChI is InChI=1S/C15H15NO/c17-15-7-5-12(6-8-15)9-16-10-13-3-1-2-4-14(13)11-16/h1-8,17H,9-11H2. The van der Waals surface area contributed by atoms with Gasteiger partial charge in [-0.1, -0.05) is 36.4 Å². The topological polar surface area (TPSA) is 23.5 Å². The van der Waals surface area contributed by atoms with Gasteiger partial charge >= 0.3 is 0 Å². The molecule has 2 aromatic carbocycles. The van der Waals surface area contributed by atoms with Crippen LogP contribution in [-0.4, -0.2) is 10.0 Å². The van der Waals surface area contributed by atoms with E-state index in [0.717, 1.165) is 19.6 Å². The molecule has 0 bridgehead atoms. The fourth-order valence-electron chi connectivity index (χ4n) is 2.38. The maximum atomic E-state index is 9.25.